The summed E-state index contributed by atoms with van der Waals surface area (Å²) >= 11 is 6.74. The molecule has 0 fully saturated rings. The van der Waals surface area contributed by atoms with E-state index in [2.05, 4.69) is 41.5 Å². The SMILES string of the molecule is Brc1cc[s+](Br)c1. The summed E-state index contributed by atoms with van der Waals surface area (Å²) in [4.78, 5) is 0. The molecular formula is C4H3Br2S+. The van der Waals surface area contributed by atoms with E-state index in [-0.39, 0.29) is 8.90 Å². The molecule has 1 aromatic heterocycles. The van der Waals surface area contributed by atoms with Crippen molar-refractivity contribution in [1.29, 1.82) is 0 Å². The van der Waals surface area contributed by atoms with Gasteiger partial charge in [-0.05, 0) is 15.9 Å². The molecule has 38 valence electrons. The van der Waals surface area contributed by atoms with Crippen LogP contribution in [0.3, 0.4) is 0 Å². The summed E-state index contributed by atoms with van der Waals surface area (Å²) in [5.74, 6) is 0. The Morgan fingerprint density at radius 3 is 2.43 bits per heavy atom. The van der Waals surface area contributed by atoms with E-state index in [4.69, 9.17) is 0 Å². The van der Waals surface area contributed by atoms with Crippen LogP contribution < -0.4 is 0 Å². The maximum Gasteiger partial charge on any atom is 0.268 e. The first-order valence-corrected chi connectivity index (χ1v) is 5.71. The highest BCUT2D eigenvalue weighted by atomic mass is 79.9. The van der Waals surface area contributed by atoms with Crippen molar-refractivity contribution in [3.05, 3.63) is 21.3 Å². The fourth-order valence-corrected chi connectivity index (χ4v) is 3.56. The van der Waals surface area contributed by atoms with Crippen molar-refractivity contribution in [2.24, 2.45) is 0 Å². The Balaban J connectivity index is 3.04. The van der Waals surface area contributed by atoms with Gasteiger partial charge in [0.2, 0.25) is 0 Å². The van der Waals surface area contributed by atoms with E-state index in [1.807, 2.05) is 6.07 Å². The number of thiophene rings is 1. The van der Waals surface area contributed by atoms with Crippen molar-refractivity contribution < 1.29 is 0 Å². The quantitative estimate of drug-likeness (QED) is 0.613. The lowest BCUT2D eigenvalue weighted by Gasteiger charge is -1.58. The highest BCUT2D eigenvalue weighted by Gasteiger charge is 1.97. The second-order valence-corrected chi connectivity index (χ2v) is 5.41. The second kappa shape index (κ2) is 2.29. The first-order chi connectivity index (χ1) is 3.29. The van der Waals surface area contributed by atoms with Gasteiger partial charge in [-0.1, -0.05) is 0 Å². The molecule has 0 aliphatic heterocycles. The van der Waals surface area contributed by atoms with Gasteiger partial charge in [0, 0.05) is 6.07 Å². The van der Waals surface area contributed by atoms with Crippen LogP contribution in [0, 0.1) is 0 Å². The molecule has 1 aromatic rings. The summed E-state index contributed by atoms with van der Waals surface area (Å²) in [6.07, 6.45) is 0. The summed E-state index contributed by atoms with van der Waals surface area (Å²) < 4.78 is 1.17. The van der Waals surface area contributed by atoms with E-state index in [1.165, 1.54) is 4.47 Å². The van der Waals surface area contributed by atoms with Crippen molar-refractivity contribution in [1.82, 2.24) is 0 Å². The third-order valence-corrected chi connectivity index (χ3v) is 3.46. The molecule has 0 N–H and O–H groups in total. The average molecular weight is 243 g/mol. The van der Waals surface area contributed by atoms with E-state index in [0.717, 1.165) is 0 Å². The lowest BCUT2D eigenvalue weighted by Crippen LogP contribution is -1.35. The Hall–Kier alpha value is 0.660. The van der Waals surface area contributed by atoms with Crippen LogP contribution in [0.5, 0.6) is 0 Å². The monoisotopic (exact) mass is 241 g/mol. The van der Waals surface area contributed by atoms with Crippen LogP contribution in [0.15, 0.2) is 21.3 Å². The molecule has 0 saturated heterocycles. The first kappa shape index (κ1) is 5.79. The zero-order valence-electron chi connectivity index (χ0n) is 3.40. The van der Waals surface area contributed by atoms with Gasteiger partial charge in [-0.2, -0.15) is 0 Å². The molecule has 0 spiro atoms. The highest BCUT2D eigenvalue weighted by molar-refractivity contribution is 9.34. The topological polar surface area (TPSA) is 0 Å². The third-order valence-electron chi connectivity index (χ3n) is 0.582. The molecule has 0 nitrogen and oxygen atoms in total. The molecule has 1 rings (SSSR count). The first-order valence-electron chi connectivity index (χ1n) is 1.73. The Morgan fingerprint density at radius 2 is 2.29 bits per heavy atom. The fraction of sp³-hybridized carbons (Fsp3) is 0. The summed E-state index contributed by atoms with van der Waals surface area (Å²) in [6, 6.07) is 2.04. The Bertz CT molecular complexity index is 142. The number of hydrogen-bond donors (Lipinski definition) is 0. The minimum Gasteiger partial charge on any atom is -0.0454 e. The van der Waals surface area contributed by atoms with Gasteiger partial charge in [-0.3, -0.25) is 0 Å². The number of hydrogen-bond acceptors (Lipinski definition) is 0. The Labute approximate surface area is 60.8 Å². The summed E-state index contributed by atoms with van der Waals surface area (Å²) in [5.41, 5.74) is 0. The molecule has 0 aliphatic rings. The Kier molecular flexibility index (Phi) is 1.89. The highest BCUT2D eigenvalue weighted by Crippen LogP contribution is 2.29. The third kappa shape index (κ3) is 1.55. The minimum atomic E-state index is 0.220. The Morgan fingerprint density at radius 1 is 1.57 bits per heavy atom. The standard InChI is InChI=1S/C4H3Br2S/c5-4-1-2-7(6)3-4/h1-3H/q+1. The molecule has 1 unspecified atom stereocenters. The maximum atomic E-state index is 3.41. The minimum absolute atomic E-state index is 0.220. The summed E-state index contributed by atoms with van der Waals surface area (Å²) in [6.45, 7) is 0. The van der Waals surface area contributed by atoms with Crippen LogP contribution in [0.1, 0.15) is 0 Å². The van der Waals surface area contributed by atoms with Crippen LogP contribution >= 0.6 is 39.6 Å². The molecule has 7 heavy (non-hydrogen) atoms. The van der Waals surface area contributed by atoms with Gasteiger partial charge in [0.15, 0.2) is 10.8 Å². The van der Waals surface area contributed by atoms with Crippen molar-refractivity contribution >= 4 is 39.6 Å². The second-order valence-electron chi connectivity index (χ2n) is 1.12. The number of rotatable bonds is 0. The van der Waals surface area contributed by atoms with Crippen molar-refractivity contribution in [3.63, 3.8) is 0 Å². The summed E-state index contributed by atoms with van der Waals surface area (Å²) in [7, 11) is 0.220. The van der Waals surface area contributed by atoms with Gasteiger partial charge in [0.05, 0.1) is 13.4 Å². The van der Waals surface area contributed by atoms with Crippen LogP contribution in [-0.2, 0) is 0 Å². The van der Waals surface area contributed by atoms with Crippen molar-refractivity contribution in [2.75, 3.05) is 0 Å². The molecule has 3 heteroatoms. The van der Waals surface area contributed by atoms with Gasteiger partial charge >= 0.3 is 0 Å². The zero-order valence-corrected chi connectivity index (χ0v) is 7.38. The van der Waals surface area contributed by atoms with E-state index in [0.29, 0.717) is 0 Å². The normalized spacial score (nSPS) is 12.0. The van der Waals surface area contributed by atoms with Crippen LogP contribution in [0.2, 0.25) is 0 Å². The average Bonchev–Trinajstić information content (AvgIpc) is 1.87. The predicted molar refractivity (Wildman–Crippen MR) is 40.9 cm³/mol. The van der Waals surface area contributed by atoms with E-state index < -0.39 is 0 Å². The van der Waals surface area contributed by atoms with Gasteiger partial charge in [0.1, 0.15) is 0 Å². The van der Waals surface area contributed by atoms with Gasteiger partial charge in [-0.15, -0.1) is 0 Å². The molecule has 0 radical (unpaired) electrons. The van der Waals surface area contributed by atoms with Crippen molar-refractivity contribution in [2.45, 2.75) is 0 Å². The van der Waals surface area contributed by atoms with Crippen LogP contribution in [-0.4, -0.2) is 0 Å². The van der Waals surface area contributed by atoms with Gasteiger partial charge < -0.3 is 0 Å². The molecule has 0 saturated carbocycles. The molecule has 0 bridgehead atoms. The predicted octanol–water partition coefficient (Wildman–Crippen LogP) is 3.36. The number of halogens is 2. The molecule has 0 aliphatic carbocycles. The fourth-order valence-electron chi connectivity index (χ4n) is 0.316. The van der Waals surface area contributed by atoms with Gasteiger partial charge in [-0.25, -0.2) is 0 Å². The molecular weight excluding hydrogens is 240 g/mol. The molecule has 0 amide bonds. The van der Waals surface area contributed by atoms with Crippen molar-refractivity contribution in [3.8, 4) is 0 Å². The lowest BCUT2D eigenvalue weighted by molar-refractivity contribution is 1.90. The van der Waals surface area contributed by atoms with E-state index in [1.54, 1.807) is 0 Å². The summed E-state index contributed by atoms with van der Waals surface area (Å²) in [5, 5.41) is 4.21. The largest absolute Gasteiger partial charge is 0.268 e. The zero-order chi connectivity index (χ0) is 5.28. The van der Waals surface area contributed by atoms with E-state index in [9.17, 15) is 0 Å². The maximum absolute atomic E-state index is 3.41. The van der Waals surface area contributed by atoms with Crippen LogP contribution in [0.25, 0.3) is 0 Å². The molecule has 0 aromatic carbocycles. The molecule has 1 atom stereocenters. The smallest absolute Gasteiger partial charge is 0.0454 e. The molecule has 1 heterocycles. The van der Waals surface area contributed by atoms with Gasteiger partial charge in [0.25, 0.3) is 14.8 Å². The lowest BCUT2D eigenvalue weighted by atomic mass is 10.7. The van der Waals surface area contributed by atoms with E-state index >= 15 is 0 Å². The van der Waals surface area contributed by atoms with Crippen LogP contribution in [0.4, 0.5) is 0 Å².